The van der Waals surface area contributed by atoms with Crippen LogP contribution in [0.4, 0.5) is 0 Å². The third-order valence-electron chi connectivity index (χ3n) is 1.91. The van der Waals surface area contributed by atoms with Crippen molar-refractivity contribution in [2.24, 2.45) is 5.92 Å². The van der Waals surface area contributed by atoms with E-state index in [1.54, 1.807) is 4.90 Å². The zero-order valence-corrected chi connectivity index (χ0v) is 9.41. The van der Waals surface area contributed by atoms with Crippen LogP contribution in [0.3, 0.4) is 0 Å². The van der Waals surface area contributed by atoms with Crippen molar-refractivity contribution in [2.45, 2.75) is 20.8 Å². The number of hydrogen-bond acceptors (Lipinski definition) is 3. The van der Waals surface area contributed by atoms with Crippen molar-refractivity contribution in [1.29, 1.82) is 5.26 Å². The first-order valence-electron chi connectivity index (χ1n) is 5.05. The summed E-state index contributed by atoms with van der Waals surface area (Å²) in [5.74, 6) is -0.367. The van der Waals surface area contributed by atoms with Gasteiger partial charge in [-0.05, 0) is 0 Å². The molecule has 0 spiro atoms. The molecule has 84 valence electrons. The van der Waals surface area contributed by atoms with E-state index in [0.717, 1.165) is 0 Å². The number of carbonyl (C=O) groups is 2. The highest BCUT2D eigenvalue weighted by molar-refractivity contribution is 5.84. The van der Waals surface area contributed by atoms with Crippen LogP contribution in [0.2, 0.25) is 0 Å². The number of nitriles is 1. The molecule has 0 atom stereocenters. The largest absolute Gasteiger partial charge is 0.347 e. The van der Waals surface area contributed by atoms with Gasteiger partial charge < -0.3 is 10.2 Å². The molecule has 1 heterocycles. The van der Waals surface area contributed by atoms with E-state index in [2.05, 4.69) is 11.4 Å². The normalized spacial score (nSPS) is 14.1. The van der Waals surface area contributed by atoms with Gasteiger partial charge in [-0.1, -0.05) is 13.8 Å². The lowest BCUT2D eigenvalue weighted by molar-refractivity contribution is -0.136. The molecule has 0 bridgehead atoms. The molecule has 5 nitrogen and oxygen atoms in total. The first kappa shape index (κ1) is 13.4. The molecular weight excluding hydrogens is 194 g/mol. The Morgan fingerprint density at radius 1 is 1.47 bits per heavy atom. The molecule has 1 fully saturated rings. The van der Waals surface area contributed by atoms with E-state index in [1.165, 1.54) is 6.92 Å². The Labute approximate surface area is 90.0 Å². The summed E-state index contributed by atoms with van der Waals surface area (Å²) < 4.78 is 0. The van der Waals surface area contributed by atoms with E-state index in [-0.39, 0.29) is 24.3 Å². The van der Waals surface area contributed by atoms with E-state index in [0.29, 0.717) is 13.1 Å². The van der Waals surface area contributed by atoms with Gasteiger partial charge in [0.2, 0.25) is 11.8 Å². The maximum absolute atomic E-state index is 11.2. The smallest absolute Gasteiger partial charge is 0.242 e. The third-order valence-corrected chi connectivity index (χ3v) is 1.91. The number of likely N-dealkylation sites (tertiary alicyclic amines) is 1. The summed E-state index contributed by atoms with van der Waals surface area (Å²) in [6, 6.07) is 2.07. The van der Waals surface area contributed by atoms with E-state index in [9.17, 15) is 9.59 Å². The lowest BCUT2D eigenvalue weighted by Crippen LogP contribution is -2.52. The van der Waals surface area contributed by atoms with E-state index >= 15 is 0 Å². The Morgan fingerprint density at radius 3 is 2.40 bits per heavy atom. The highest BCUT2D eigenvalue weighted by atomic mass is 16.2. The van der Waals surface area contributed by atoms with Crippen molar-refractivity contribution in [3.8, 4) is 6.07 Å². The highest BCUT2D eigenvalue weighted by Gasteiger charge is 2.29. The molecule has 2 amide bonds. The van der Waals surface area contributed by atoms with Gasteiger partial charge in [0.15, 0.2) is 0 Å². The van der Waals surface area contributed by atoms with Gasteiger partial charge in [0.25, 0.3) is 0 Å². The zero-order chi connectivity index (χ0) is 11.8. The third kappa shape index (κ3) is 4.45. The molecule has 1 aliphatic heterocycles. The molecular formula is C10H17N3O2. The second-order valence-corrected chi connectivity index (χ2v) is 3.03. The number of hydrogen-bond donors (Lipinski definition) is 1. The van der Waals surface area contributed by atoms with Crippen LogP contribution in [0.1, 0.15) is 20.8 Å². The minimum Gasteiger partial charge on any atom is -0.347 e. The average molecular weight is 211 g/mol. The molecule has 0 aromatic carbocycles. The van der Waals surface area contributed by atoms with Gasteiger partial charge in [0, 0.05) is 20.0 Å². The molecule has 1 saturated heterocycles. The van der Waals surface area contributed by atoms with Gasteiger partial charge in [0.1, 0.15) is 0 Å². The van der Waals surface area contributed by atoms with Crippen molar-refractivity contribution in [2.75, 3.05) is 19.6 Å². The highest BCUT2D eigenvalue weighted by Crippen LogP contribution is 2.13. The summed E-state index contributed by atoms with van der Waals surface area (Å²) in [7, 11) is 0. The molecule has 1 N–H and O–H groups in total. The van der Waals surface area contributed by atoms with Crippen LogP contribution >= 0.6 is 0 Å². The van der Waals surface area contributed by atoms with Crippen molar-refractivity contribution in [3.05, 3.63) is 0 Å². The standard InChI is InChI=1S/C8H11N3O2.C2H6/c1-6(12)10-3-8(13)11-4-7(2-9)5-11;1-2/h7H,3-5H2,1H3,(H,10,12);1-2H3. The molecule has 1 aliphatic rings. The van der Waals surface area contributed by atoms with Crippen LogP contribution in [0.5, 0.6) is 0 Å². The summed E-state index contributed by atoms with van der Waals surface area (Å²) in [6.45, 7) is 6.39. The van der Waals surface area contributed by atoms with Gasteiger partial charge in [-0.2, -0.15) is 5.26 Å². The second kappa shape index (κ2) is 6.82. The summed E-state index contributed by atoms with van der Waals surface area (Å²) in [6.07, 6.45) is 0. The Bertz CT molecular complexity index is 264. The van der Waals surface area contributed by atoms with Gasteiger partial charge in [-0.3, -0.25) is 9.59 Å². The Hall–Kier alpha value is -1.57. The molecule has 15 heavy (non-hydrogen) atoms. The monoisotopic (exact) mass is 211 g/mol. The Kier molecular flexibility index (Phi) is 6.11. The predicted molar refractivity (Wildman–Crippen MR) is 55.7 cm³/mol. The fraction of sp³-hybridized carbons (Fsp3) is 0.700. The van der Waals surface area contributed by atoms with Gasteiger partial charge in [-0.25, -0.2) is 0 Å². The average Bonchev–Trinajstić information content (AvgIpc) is 2.16. The lowest BCUT2D eigenvalue weighted by atomic mass is 10.0. The van der Waals surface area contributed by atoms with Crippen LogP contribution in [-0.4, -0.2) is 36.3 Å². The van der Waals surface area contributed by atoms with Crippen LogP contribution in [-0.2, 0) is 9.59 Å². The van der Waals surface area contributed by atoms with E-state index < -0.39 is 0 Å². The summed E-state index contributed by atoms with van der Waals surface area (Å²) in [4.78, 5) is 23.2. The Morgan fingerprint density at radius 2 is 2.00 bits per heavy atom. The van der Waals surface area contributed by atoms with E-state index in [4.69, 9.17) is 5.26 Å². The van der Waals surface area contributed by atoms with Crippen LogP contribution in [0.15, 0.2) is 0 Å². The number of rotatable bonds is 2. The molecule has 0 radical (unpaired) electrons. The van der Waals surface area contributed by atoms with Crippen molar-refractivity contribution in [1.82, 2.24) is 10.2 Å². The van der Waals surface area contributed by atoms with Crippen molar-refractivity contribution < 1.29 is 9.59 Å². The number of amides is 2. The first-order chi connectivity index (χ1) is 7.13. The van der Waals surface area contributed by atoms with Crippen molar-refractivity contribution >= 4 is 11.8 Å². The fourth-order valence-corrected chi connectivity index (χ4v) is 1.08. The fourth-order valence-electron chi connectivity index (χ4n) is 1.08. The van der Waals surface area contributed by atoms with Gasteiger partial charge in [-0.15, -0.1) is 0 Å². The van der Waals surface area contributed by atoms with Crippen LogP contribution in [0.25, 0.3) is 0 Å². The molecule has 0 aliphatic carbocycles. The molecule has 0 unspecified atom stereocenters. The summed E-state index contributed by atoms with van der Waals surface area (Å²) in [5, 5.41) is 10.9. The second-order valence-electron chi connectivity index (χ2n) is 3.03. The number of carbonyl (C=O) groups excluding carboxylic acids is 2. The van der Waals surface area contributed by atoms with E-state index in [1.807, 2.05) is 13.8 Å². The number of nitrogens with one attached hydrogen (secondary N) is 1. The maximum Gasteiger partial charge on any atom is 0.242 e. The topological polar surface area (TPSA) is 73.2 Å². The molecule has 5 heteroatoms. The molecule has 0 aromatic rings. The first-order valence-corrected chi connectivity index (χ1v) is 5.05. The van der Waals surface area contributed by atoms with Crippen molar-refractivity contribution in [3.63, 3.8) is 0 Å². The molecule has 1 rings (SSSR count). The van der Waals surface area contributed by atoms with Gasteiger partial charge in [0.05, 0.1) is 18.5 Å². The van der Waals surface area contributed by atoms with Crippen LogP contribution in [0, 0.1) is 17.2 Å². The van der Waals surface area contributed by atoms with Gasteiger partial charge >= 0.3 is 0 Å². The molecule has 0 aromatic heterocycles. The molecule has 0 saturated carbocycles. The minimum absolute atomic E-state index is 0.0266. The summed E-state index contributed by atoms with van der Waals surface area (Å²) in [5.41, 5.74) is 0. The lowest BCUT2D eigenvalue weighted by Gasteiger charge is -2.35. The van der Waals surface area contributed by atoms with Crippen LogP contribution < -0.4 is 5.32 Å². The predicted octanol–water partition coefficient (Wildman–Crippen LogP) is 0.131. The SMILES string of the molecule is CC.CC(=O)NCC(=O)N1CC(C#N)C1. The minimum atomic E-state index is -0.217. The number of nitrogens with zero attached hydrogens (tertiary/aromatic N) is 2. The quantitative estimate of drug-likeness (QED) is 0.705. The zero-order valence-electron chi connectivity index (χ0n) is 9.41. The summed E-state index contributed by atoms with van der Waals surface area (Å²) >= 11 is 0. The maximum atomic E-state index is 11.2. The Balaban J connectivity index is 0.000000921.